The van der Waals surface area contributed by atoms with E-state index in [-0.39, 0.29) is 5.78 Å². The molecule has 0 radical (unpaired) electrons. The summed E-state index contributed by atoms with van der Waals surface area (Å²) in [6, 6.07) is 15.8. The molecule has 0 spiro atoms. The predicted octanol–water partition coefficient (Wildman–Crippen LogP) is 5.90. The molecule has 2 aromatic rings. The molecule has 2 rings (SSSR count). The SMILES string of the molecule is O=C(/C=C/c1ccc(Br)cc1)C/C=C/c1ccc(Br)cc1. The first-order valence-corrected chi connectivity index (χ1v) is 8.11. The fourth-order valence-electron chi connectivity index (χ4n) is 1.72. The van der Waals surface area contributed by atoms with Gasteiger partial charge in [-0.05, 0) is 41.5 Å². The third kappa shape index (κ3) is 5.82. The van der Waals surface area contributed by atoms with Crippen molar-refractivity contribution >= 4 is 49.8 Å². The number of halogens is 2. The largest absolute Gasteiger partial charge is 0.295 e. The molecule has 2 aromatic carbocycles. The van der Waals surface area contributed by atoms with Crippen LogP contribution in [-0.2, 0) is 4.79 Å². The van der Waals surface area contributed by atoms with Crippen LogP contribution in [0.1, 0.15) is 17.5 Å². The van der Waals surface area contributed by atoms with Crippen LogP contribution in [0.4, 0.5) is 0 Å². The van der Waals surface area contributed by atoms with Crippen molar-refractivity contribution in [1.82, 2.24) is 0 Å². The van der Waals surface area contributed by atoms with Crippen molar-refractivity contribution in [1.29, 1.82) is 0 Å². The minimum Gasteiger partial charge on any atom is -0.295 e. The second-order valence-electron chi connectivity index (χ2n) is 4.51. The lowest BCUT2D eigenvalue weighted by atomic mass is 10.1. The topological polar surface area (TPSA) is 17.1 Å². The third-order valence-corrected chi connectivity index (χ3v) is 3.89. The smallest absolute Gasteiger partial charge is 0.159 e. The molecule has 0 aliphatic heterocycles. The van der Waals surface area contributed by atoms with Crippen LogP contribution in [0.15, 0.2) is 69.6 Å². The van der Waals surface area contributed by atoms with Crippen LogP contribution in [-0.4, -0.2) is 5.78 Å². The van der Waals surface area contributed by atoms with E-state index in [1.54, 1.807) is 6.08 Å². The van der Waals surface area contributed by atoms with Crippen molar-refractivity contribution in [2.24, 2.45) is 0 Å². The van der Waals surface area contributed by atoms with Gasteiger partial charge >= 0.3 is 0 Å². The summed E-state index contributed by atoms with van der Waals surface area (Å²) < 4.78 is 2.08. The first-order valence-electron chi connectivity index (χ1n) is 6.52. The van der Waals surface area contributed by atoms with E-state index in [9.17, 15) is 4.79 Å². The minimum atomic E-state index is 0.0891. The summed E-state index contributed by atoms with van der Waals surface area (Å²) in [7, 11) is 0. The first kappa shape index (κ1) is 15.9. The lowest BCUT2D eigenvalue weighted by Crippen LogP contribution is -1.88. The standard InChI is InChI=1S/C18H14Br2O/c19-16-9-4-14(5-10-16)2-1-3-18(21)13-8-15-6-11-17(20)12-7-15/h1-2,4-13H,3H2/b2-1+,13-8+. The molecule has 0 atom stereocenters. The van der Waals surface area contributed by atoms with Gasteiger partial charge in [0.2, 0.25) is 0 Å². The monoisotopic (exact) mass is 404 g/mol. The van der Waals surface area contributed by atoms with Crippen LogP contribution in [0.2, 0.25) is 0 Å². The van der Waals surface area contributed by atoms with Crippen molar-refractivity contribution in [3.63, 3.8) is 0 Å². The minimum absolute atomic E-state index is 0.0891. The maximum absolute atomic E-state index is 11.8. The Hall–Kier alpha value is -1.45. The van der Waals surface area contributed by atoms with E-state index in [0.717, 1.165) is 20.1 Å². The Morgan fingerprint density at radius 2 is 1.29 bits per heavy atom. The van der Waals surface area contributed by atoms with E-state index in [2.05, 4.69) is 31.9 Å². The average Bonchev–Trinajstić information content (AvgIpc) is 2.49. The molecule has 0 unspecified atom stereocenters. The van der Waals surface area contributed by atoms with E-state index < -0.39 is 0 Å². The lowest BCUT2D eigenvalue weighted by Gasteiger charge is -1.94. The number of allylic oxidation sites excluding steroid dienone is 2. The van der Waals surface area contributed by atoms with Gasteiger partial charge in [0, 0.05) is 15.4 Å². The Bertz CT molecular complexity index is 653. The van der Waals surface area contributed by atoms with Crippen LogP contribution < -0.4 is 0 Å². The van der Waals surface area contributed by atoms with E-state index in [1.165, 1.54) is 0 Å². The fourth-order valence-corrected chi connectivity index (χ4v) is 2.24. The molecule has 0 saturated carbocycles. The van der Waals surface area contributed by atoms with Gasteiger partial charge in [-0.25, -0.2) is 0 Å². The molecule has 0 heterocycles. The molecular formula is C18H14Br2O. The fraction of sp³-hybridized carbons (Fsp3) is 0.0556. The van der Waals surface area contributed by atoms with Crippen molar-refractivity contribution < 1.29 is 4.79 Å². The summed E-state index contributed by atoms with van der Waals surface area (Å²) in [4.78, 5) is 11.8. The van der Waals surface area contributed by atoms with E-state index in [0.29, 0.717) is 6.42 Å². The molecule has 0 aliphatic carbocycles. The van der Waals surface area contributed by atoms with Crippen molar-refractivity contribution in [3.8, 4) is 0 Å². The molecule has 0 N–H and O–H groups in total. The molecule has 3 heteroatoms. The van der Waals surface area contributed by atoms with Crippen LogP contribution in [0.25, 0.3) is 12.2 Å². The lowest BCUT2D eigenvalue weighted by molar-refractivity contribution is -0.113. The zero-order valence-corrected chi connectivity index (χ0v) is 14.5. The predicted molar refractivity (Wildman–Crippen MR) is 96.0 cm³/mol. The molecule has 0 saturated heterocycles. The highest BCUT2D eigenvalue weighted by Gasteiger charge is 1.94. The van der Waals surface area contributed by atoms with Crippen LogP contribution in [0, 0.1) is 0 Å². The van der Waals surface area contributed by atoms with E-state index >= 15 is 0 Å². The maximum atomic E-state index is 11.8. The molecule has 1 nitrogen and oxygen atoms in total. The number of hydrogen-bond acceptors (Lipinski definition) is 1. The summed E-state index contributed by atoms with van der Waals surface area (Å²) in [5, 5.41) is 0. The highest BCUT2D eigenvalue weighted by atomic mass is 79.9. The highest BCUT2D eigenvalue weighted by molar-refractivity contribution is 9.10. The van der Waals surface area contributed by atoms with Crippen LogP contribution in [0.3, 0.4) is 0 Å². The zero-order chi connectivity index (χ0) is 15.1. The van der Waals surface area contributed by atoms with Crippen LogP contribution in [0.5, 0.6) is 0 Å². The van der Waals surface area contributed by atoms with Crippen LogP contribution >= 0.6 is 31.9 Å². The van der Waals surface area contributed by atoms with Gasteiger partial charge in [-0.15, -0.1) is 0 Å². The maximum Gasteiger partial charge on any atom is 0.159 e. The van der Waals surface area contributed by atoms with Gasteiger partial charge in [0.25, 0.3) is 0 Å². The molecular weight excluding hydrogens is 392 g/mol. The molecule has 0 aromatic heterocycles. The molecule has 21 heavy (non-hydrogen) atoms. The normalized spacial score (nSPS) is 11.3. The molecule has 0 amide bonds. The number of ketones is 1. The highest BCUT2D eigenvalue weighted by Crippen LogP contribution is 2.13. The second kappa shape index (κ2) is 8.11. The summed E-state index contributed by atoms with van der Waals surface area (Å²) in [5.74, 6) is 0.0891. The Labute approximate surface area is 141 Å². The molecule has 106 valence electrons. The number of carbonyl (C=O) groups excluding carboxylic acids is 1. The van der Waals surface area contributed by atoms with Gasteiger partial charge in [0.15, 0.2) is 5.78 Å². The number of benzene rings is 2. The first-order chi connectivity index (χ1) is 10.1. The van der Waals surface area contributed by atoms with Gasteiger partial charge < -0.3 is 0 Å². The van der Waals surface area contributed by atoms with Gasteiger partial charge in [-0.3, -0.25) is 4.79 Å². The van der Waals surface area contributed by atoms with Gasteiger partial charge in [0.05, 0.1) is 0 Å². The van der Waals surface area contributed by atoms with Gasteiger partial charge in [0.1, 0.15) is 0 Å². The number of rotatable bonds is 5. The Kier molecular flexibility index (Phi) is 6.15. The molecule has 0 aliphatic rings. The summed E-state index contributed by atoms with van der Waals surface area (Å²) in [6.45, 7) is 0. The summed E-state index contributed by atoms with van der Waals surface area (Å²) in [5.41, 5.74) is 2.10. The Morgan fingerprint density at radius 1 is 0.810 bits per heavy atom. The second-order valence-corrected chi connectivity index (χ2v) is 6.34. The summed E-state index contributed by atoms with van der Waals surface area (Å²) >= 11 is 6.78. The number of carbonyl (C=O) groups is 1. The average molecular weight is 406 g/mol. The zero-order valence-electron chi connectivity index (χ0n) is 11.3. The van der Waals surface area contributed by atoms with E-state index in [4.69, 9.17) is 0 Å². The van der Waals surface area contributed by atoms with Crippen molar-refractivity contribution in [3.05, 3.63) is 80.8 Å². The van der Waals surface area contributed by atoms with Gasteiger partial charge in [-0.1, -0.05) is 74.4 Å². The van der Waals surface area contributed by atoms with E-state index in [1.807, 2.05) is 66.8 Å². The van der Waals surface area contributed by atoms with Crippen molar-refractivity contribution in [2.75, 3.05) is 0 Å². The summed E-state index contributed by atoms with van der Waals surface area (Å²) in [6.07, 6.45) is 7.70. The van der Waals surface area contributed by atoms with Gasteiger partial charge in [-0.2, -0.15) is 0 Å². The quantitative estimate of drug-likeness (QED) is 0.566. The molecule has 0 fully saturated rings. The molecule has 0 bridgehead atoms. The van der Waals surface area contributed by atoms with Crippen molar-refractivity contribution in [2.45, 2.75) is 6.42 Å². The Morgan fingerprint density at radius 3 is 1.81 bits per heavy atom. The third-order valence-electron chi connectivity index (χ3n) is 2.83. The Balaban J connectivity index is 1.87. The number of hydrogen-bond donors (Lipinski definition) is 0.